The Kier molecular flexibility index (Phi) is 6.41. The van der Waals surface area contributed by atoms with E-state index in [1.54, 1.807) is 18.4 Å². The number of hydrogen-bond acceptors (Lipinski definition) is 5. The van der Waals surface area contributed by atoms with Crippen LogP contribution in [0.15, 0.2) is 24.5 Å². The molecule has 1 aromatic rings. The first kappa shape index (κ1) is 15.2. The summed E-state index contributed by atoms with van der Waals surface area (Å²) >= 11 is 1.11. The van der Waals surface area contributed by atoms with E-state index in [2.05, 4.69) is 0 Å². The smallest absolute Gasteiger partial charge is 0.264 e. The van der Waals surface area contributed by atoms with Crippen molar-refractivity contribution >= 4 is 22.2 Å². The predicted octanol–water partition coefficient (Wildman–Crippen LogP) is 1.23. The minimum atomic E-state index is -3.84. The van der Waals surface area contributed by atoms with E-state index in [1.807, 2.05) is 17.0 Å². The summed E-state index contributed by atoms with van der Waals surface area (Å²) in [5, 5.41) is 0. The molecule has 102 valence electrons. The van der Waals surface area contributed by atoms with Crippen LogP contribution >= 0.6 is 12.0 Å². The molecule has 0 amide bonds. The Morgan fingerprint density at radius 3 is 2.56 bits per heavy atom. The van der Waals surface area contributed by atoms with Gasteiger partial charge in [-0.25, -0.2) is 4.57 Å². The van der Waals surface area contributed by atoms with E-state index in [0.29, 0.717) is 25.1 Å². The van der Waals surface area contributed by atoms with Crippen molar-refractivity contribution in [2.75, 3.05) is 12.0 Å². The van der Waals surface area contributed by atoms with Gasteiger partial charge in [0.25, 0.3) is 10.1 Å². The Labute approximate surface area is 111 Å². The molecule has 0 radical (unpaired) electrons. The molecule has 0 aliphatic rings. The average molecular weight is 294 g/mol. The van der Waals surface area contributed by atoms with Crippen molar-refractivity contribution in [3.8, 4) is 5.75 Å². The van der Waals surface area contributed by atoms with Crippen LogP contribution < -0.4 is 9.45 Å². The second-order valence-electron chi connectivity index (χ2n) is 3.58. The number of pyridine rings is 1. The maximum absolute atomic E-state index is 10.5. The Balaban J connectivity index is 2.31. The van der Waals surface area contributed by atoms with E-state index < -0.39 is 10.1 Å². The van der Waals surface area contributed by atoms with Gasteiger partial charge >= 0.3 is 0 Å². The van der Waals surface area contributed by atoms with E-state index in [1.165, 1.54) is 0 Å². The largest absolute Gasteiger partial charge is 0.325 e. The molecule has 18 heavy (non-hydrogen) atoms. The molecule has 0 bridgehead atoms. The molecule has 1 rings (SSSR count). The van der Waals surface area contributed by atoms with Crippen LogP contribution in [0.5, 0.6) is 5.75 Å². The molecule has 0 aromatic carbocycles. The maximum atomic E-state index is 10.5. The summed E-state index contributed by atoms with van der Waals surface area (Å²) in [6.07, 6.45) is 6.48. The number of aryl methyl sites for hydroxylation is 1. The molecule has 6 nitrogen and oxygen atoms in total. The van der Waals surface area contributed by atoms with Crippen molar-refractivity contribution in [1.82, 2.24) is 0 Å². The molecule has 0 unspecified atom stereocenters. The number of hydrogen-bond donors (Lipinski definition) is 1. The van der Waals surface area contributed by atoms with Crippen molar-refractivity contribution in [3.05, 3.63) is 24.5 Å². The molecular weight excluding hydrogens is 278 g/mol. The van der Waals surface area contributed by atoms with E-state index in [0.717, 1.165) is 12.0 Å². The molecule has 0 fully saturated rings. The van der Waals surface area contributed by atoms with Gasteiger partial charge < -0.3 is 4.89 Å². The molecule has 1 N–H and O–H groups in total. The van der Waals surface area contributed by atoms with Gasteiger partial charge in [0.1, 0.15) is 6.54 Å². The van der Waals surface area contributed by atoms with Gasteiger partial charge in [-0.2, -0.15) is 8.42 Å². The molecule has 0 spiro atoms. The third-order valence-electron chi connectivity index (χ3n) is 2.13. The van der Waals surface area contributed by atoms with Gasteiger partial charge in [-0.3, -0.25) is 4.55 Å². The van der Waals surface area contributed by atoms with Crippen LogP contribution in [0.4, 0.5) is 0 Å². The van der Waals surface area contributed by atoms with Gasteiger partial charge in [0.05, 0.1) is 5.75 Å². The fourth-order valence-corrected chi connectivity index (χ4v) is 2.02. The number of aromatic nitrogens is 1. The standard InChI is InChI=1S/C10H15NO5S2/c1-17-16-15-10-4-7-11(8-5-10)6-2-3-9-18(12,13)14/h4-5,7-8H,2-3,6,9H2,1H3/p+1. The highest BCUT2D eigenvalue weighted by Gasteiger charge is 2.06. The molecule has 0 aliphatic heterocycles. The number of nitrogens with zero attached hydrogens (tertiary/aromatic N) is 1. The second-order valence-corrected chi connectivity index (χ2v) is 5.62. The number of unbranched alkanes of at least 4 members (excludes halogenated alkanes) is 1. The van der Waals surface area contributed by atoms with Crippen LogP contribution in [0.3, 0.4) is 0 Å². The van der Waals surface area contributed by atoms with Gasteiger partial charge in [-0.05, 0) is 6.42 Å². The monoisotopic (exact) mass is 294 g/mol. The van der Waals surface area contributed by atoms with Crippen LogP contribution in [0.2, 0.25) is 0 Å². The van der Waals surface area contributed by atoms with Crippen molar-refractivity contribution in [2.45, 2.75) is 19.4 Å². The minimum Gasteiger partial charge on any atom is -0.325 e. The van der Waals surface area contributed by atoms with Gasteiger partial charge in [-0.15, -0.1) is 4.33 Å². The summed E-state index contributed by atoms with van der Waals surface area (Å²) in [5.41, 5.74) is 0. The first-order chi connectivity index (χ1) is 8.51. The fourth-order valence-electron chi connectivity index (χ4n) is 1.30. The highest BCUT2D eigenvalue weighted by molar-refractivity contribution is 7.93. The van der Waals surface area contributed by atoms with Gasteiger partial charge in [0.2, 0.25) is 0 Å². The zero-order valence-corrected chi connectivity index (χ0v) is 11.6. The molecule has 0 saturated heterocycles. The zero-order valence-electron chi connectivity index (χ0n) is 9.98. The SMILES string of the molecule is CSOOc1cc[n+](CCCCS(=O)(=O)O)cc1. The lowest BCUT2D eigenvalue weighted by molar-refractivity contribution is -0.697. The van der Waals surface area contributed by atoms with Crippen LogP contribution in [0, 0.1) is 0 Å². The van der Waals surface area contributed by atoms with Crippen LogP contribution in [-0.4, -0.2) is 25.0 Å². The molecular formula is C10H16NO5S2+. The zero-order chi connectivity index (χ0) is 13.4. The molecule has 8 heteroatoms. The summed E-state index contributed by atoms with van der Waals surface area (Å²) in [6.45, 7) is 0.680. The maximum Gasteiger partial charge on any atom is 0.264 e. The lowest BCUT2D eigenvalue weighted by atomic mass is 10.3. The molecule has 0 saturated carbocycles. The fraction of sp³-hybridized carbons (Fsp3) is 0.500. The molecule has 1 aromatic heterocycles. The molecule has 0 aliphatic carbocycles. The molecule has 1 heterocycles. The Morgan fingerprint density at radius 1 is 1.33 bits per heavy atom. The Bertz CT molecular complexity index is 446. The summed E-state index contributed by atoms with van der Waals surface area (Å²) in [5.74, 6) is 0.398. The molecule has 0 atom stereocenters. The normalized spacial score (nSPS) is 11.4. The number of rotatable bonds is 8. The van der Waals surface area contributed by atoms with Crippen LogP contribution in [0.25, 0.3) is 0 Å². The van der Waals surface area contributed by atoms with E-state index in [9.17, 15) is 8.42 Å². The van der Waals surface area contributed by atoms with Gasteiger partial charge in [0, 0.05) is 36.9 Å². The highest BCUT2D eigenvalue weighted by atomic mass is 32.2. The summed E-state index contributed by atoms with van der Waals surface area (Å²) in [6, 6.07) is 3.50. The van der Waals surface area contributed by atoms with E-state index >= 15 is 0 Å². The first-order valence-electron chi connectivity index (χ1n) is 5.33. The third-order valence-corrected chi connectivity index (χ3v) is 3.14. The predicted molar refractivity (Wildman–Crippen MR) is 67.5 cm³/mol. The first-order valence-corrected chi connectivity index (χ1v) is 8.09. The van der Waals surface area contributed by atoms with Crippen molar-refractivity contribution in [3.63, 3.8) is 0 Å². The Morgan fingerprint density at radius 2 is 2.00 bits per heavy atom. The van der Waals surface area contributed by atoms with Crippen molar-refractivity contribution in [2.24, 2.45) is 0 Å². The quantitative estimate of drug-likeness (QED) is 0.194. The van der Waals surface area contributed by atoms with Crippen LogP contribution in [-0.2, 0) is 21.0 Å². The van der Waals surface area contributed by atoms with Gasteiger partial charge in [-0.1, -0.05) is 0 Å². The van der Waals surface area contributed by atoms with E-state index in [4.69, 9.17) is 13.8 Å². The van der Waals surface area contributed by atoms with Crippen molar-refractivity contribution in [1.29, 1.82) is 0 Å². The van der Waals surface area contributed by atoms with Gasteiger partial charge in [0.15, 0.2) is 18.1 Å². The third kappa shape index (κ3) is 6.80. The van der Waals surface area contributed by atoms with Crippen molar-refractivity contribution < 1.29 is 26.8 Å². The summed E-state index contributed by atoms with van der Waals surface area (Å²) < 4.78 is 36.2. The average Bonchev–Trinajstić information content (AvgIpc) is 2.32. The Hall–Kier alpha value is -0.830. The summed E-state index contributed by atoms with van der Waals surface area (Å²) in [4.78, 5) is 4.92. The minimum absolute atomic E-state index is 0.198. The van der Waals surface area contributed by atoms with Crippen LogP contribution in [0.1, 0.15) is 12.8 Å². The summed E-state index contributed by atoms with van der Waals surface area (Å²) in [7, 11) is -3.84. The highest BCUT2D eigenvalue weighted by Crippen LogP contribution is 2.09. The lowest BCUT2D eigenvalue weighted by Crippen LogP contribution is -2.32. The lowest BCUT2D eigenvalue weighted by Gasteiger charge is -2.00. The van der Waals surface area contributed by atoms with E-state index in [-0.39, 0.29) is 5.75 Å². The topological polar surface area (TPSA) is 76.7 Å². The second kappa shape index (κ2) is 7.57.